The van der Waals surface area contributed by atoms with Gasteiger partial charge in [0.05, 0.1) is 0 Å². The molecule has 2 heterocycles. The maximum atomic E-state index is 12.2. The van der Waals surface area contributed by atoms with Gasteiger partial charge >= 0.3 is 0 Å². The van der Waals surface area contributed by atoms with Gasteiger partial charge in [0.2, 0.25) is 0 Å². The van der Waals surface area contributed by atoms with Crippen LogP contribution in [0.3, 0.4) is 0 Å². The van der Waals surface area contributed by atoms with Gasteiger partial charge in [0, 0.05) is 31.0 Å². The molecule has 0 aromatic rings. The smallest absolute Gasteiger partial charge is 0.195 e. The molecule has 0 radical (unpaired) electrons. The summed E-state index contributed by atoms with van der Waals surface area (Å²) >= 11 is 3.47. The van der Waals surface area contributed by atoms with Crippen LogP contribution in [-0.4, -0.2) is 48.0 Å². The molecule has 2 saturated heterocycles. The summed E-state index contributed by atoms with van der Waals surface area (Å²) in [6.45, 7) is 2.69. The number of piperidine rings is 1. The predicted octanol–water partition coefficient (Wildman–Crippen LogP) is 1.19. The lowest BCUT2D eigenvalue weighted by Crippen LogP contribution is -2.45. The second-order valence-electron chi connectivity index (χ2n) is 4.21. The molecule has 2 aliphatic rings. The molecular weight excluding hydrogens is 280 g/mol. The maximum Gasteiger partial charge on any atom is 0.282 e. The highest BCUT2D eigenvalue weighted by atomic mass is 79.9. The number of nitrogens with zero attached hydrogens (tertiary/aromatic N) is 2. The zero-order valence-corrected chi connectivity index (χ0v) is 11.1. The average Bonchev–Trinajstić information content (AvgIpc) is 2.67. The monoisotopic (exact) mass is 296 g/mol. The fourth-order valence-electron chi connectivity index (χ4n) is 2.16. The molecule has 0 aromatic heterocycles. The molecule has 1 atom stereocenters. The van der Waals surface area contributed by atoms with Gasteiger partial charge in [-0.25, -0.2) is 0 Å². The third kappa shape index (κ3) is 2.54. The Bertz CT molecular complexity index is 303. The summed E-state index contributed by atoms with van der Waals surface area (Å²) in [5.74, 6) is 0. The Morgan fingerprint density at radius 1 is 1.00 bits per heavy atom. The highest BCUT2D eigenvalue weighted by molar-refractivity contribution is 9.09. The average molecular weight is 297 g/mol. The van der Waals surface area contributed by atoms with Gasteiger partial charge in [0.15, 0.2) is 0 Å². The number of hydrogen-bond donors (Lipinski definition) is 0. The number of halogens is 1. The van der Waals surface area contributed by atoms with E-state index in [1.807, 2.05) is 0 Å². The number of rotatable bonds is 2. The molecule has 0 saturated carbocycles. The van der Waals surface area contributed by atoms with Crippen LogP contribution in [-0.2, 0) is 10.2 Å². The molecule has 88 valence electrons. The summed E-state index contributed by atoms with van der Waals surface area (Å²) in [7, 11) is -3.16. The first kappa shape index (κ1) is 11.8. The zero-order chi connectivity index (χ0) is 10.9. The standard InChI is InChI=1S/C9H17BrN2O2S/c10-9-4-7-12(8-9)15(13,14)11-5-2-1-3-6-11/h9H,1-8H2. The summed E-state index contributed by atoms with van der Waals surface area (Å²) in [6.07, 6.45) is 4.09. The molecule has 0 aromatic carbocycles. The molecule has 1 unspecified atom stereocenters. The van der Waals surface area contributed by atoms with Crippen LogP contribution in [0, 0.1) is 0 Å². The Balaban J connectivity index is 2.05. The van der Waals surface area contributed by atoms with E-state index in [-0.39, 0.29) is 0 Å². The highest BCUT2D eigenvalue weighted by Gasteiger charge is 2.34. The fourth-order valence-corrected chi connectivity index (χ4v) is 4.65. The summed E-state index contributed by atoms with van der Waals surface area (Å²) in [5.41, 5.74) is 0. The van der Waals surface area contributed by atoms with Crippen molar-refractivity contribution in [2.45, 2.75) is 30.5 Å². The Morgan fingerprint density at radius 3 is 2.20 bits per heavy atom. The third-order valence-corrected chi connectivity index (χ3v) is 5.81. The van der Waals surface area contributed by atoms with Crippen molar-refractivity contribution >= 4 is 26.1 Å². The summed E-state index contributed by atoms with van der Waals surface area (Å²) in [5, 5.41) is 0. The minimum absolute atomic E-state index is 0.331. The SMILES string of the molecule is O=S(=O)(N1CCCCC1)N1CCC(Br)C1. The minimum atomic E-state index is -3.16. The van der Waals surface area contributed by atoms with Crippen LogP contribution in [0.25, 0.3) is 0 Å². The number of hydrogen-bond acceptors (Lipinski definition) is 2. The molecule has 0 amide bonds. The second kappa shape index (κ2) is 4.69. The zero-order valence-electron chi connectivity index (χ0n) is 8.73. The highest BCUT2D eigenvalue weighted by Crippen LogP contribution is 2.23. The first-order valence-corrected chi connectivity index (χ1v) is 7.81. The van der Waals surface area contributed by atoms with Gasteiger partial charge in [0.25, 0.3) is 10.2 Å². The van der Waals surface area contributed by atoms with E-state index in [2.05, 4.69) is 15.9 Å². The lowest BCUT2D eigenvalue weighted by molar-refractivity contribution is 0.316. The molecular formula is C9H17BrN2O2S. The lowest BCUT2D eigenvalue weighted by Gasteiger charge is -2.29. The Morgan fingerprint density at radius 2 is 1.67 bits per heavy atom. The van der Waals surface area contributed by atoms with Gasteiger partial charge in [-0.2, -0.15) is 17.0 Å². The molecule has 2 fully saturated rings. The molecule has 0 spiro atoms. The topological polar surface area (TPSA) is 40.6 Å². The van der Waals surface area contributed by atoms with Crippen molar-refractivity contribution in [2.75, 3.05) is 26.2 Å². The minimum Gasteiger partial charge on any atom is -0.195 e. The van der Waals surface area contributed by atoms with Crippen molar-refractivity contribution in [2.24, 2.45) is 0 Å². The van der Waals surface area contributed by atoms with E-state index >= 15 is 0 Å². The van der Waals surface area contributed by atoms with Crippen LogP contribution < -0.4 is 0 Å². The van der Waals surface area contributed by atoms with Gasteiger partial charge in [-0.1, -0.05) is 22.4 Å². The molecule has 2 rings (SSSR count). The van der Waals surface area contributed by atoms with Crippen molar-refractivity contribution < 1.29 is 8.42 Å². The van der Waals surface area contributed by atoms with Gasteiger partial charge in [-0.05, 0) is 19.3 Å². The summed E-state index contributed by atoms with van der Waals surface area (Å²) in [4.78, 5) is 0.331. The van der Waals surface area contributed by atoms with E-state index in [1.54, 1.807) is 8.61 Å². The third-order valence-electron chi connectivity index (χ3n) is 3.06. The first-order chi connectivity index (χ1) is 7.10. The maximum absolute atomic E-state index is 12.2. The van der Waals surface area contributed by atoms with Crippen LogP contribution in [0.5, 0.6) is 0 Å². The second-order valence-corrected chi connectivity index (χ2v) is 7.43. The van der Waals surface area contributed by atoms with Gasteiger partial charge in [-0.3, -0.25) is 0 Å². The Labute approximate surface area is 99.9 Å². The van der Waals surface area contributed by atoms with Crippen molar-refractivity contribution in [3.63, 3.8) is 0 Å². The van der Waals surface area contributed by atoms with E-state index in [0.717, 1.165) is 25.7 Å². The van der Waals surface area contributed by atoms with E-state index < -0.39 is 10.2 Å². The molecule has 15 heavy (non-hydrogen) atoms. The quantitative estimate of drug-likeness (QED) is 0.718. The van der Waals surface area contributed by atoms with Crippen LogP contribution in [0.4, 0.5) is 0 Å². The van der Waals surface area contributed by atoms with Crippen LogP contribution in [0.2, 0.25) is 0 Å². The van der Waals surface area contributed by atoms with Crippen LogP contribution in [0.1, 0.15) is 25.7 Å². The molecule has 0 N–H and O–H groups in total. The largest absolute Gasteiger partial charge is 0.282 e. The summed E-state index contributed by atoms with van der Waals surface area (Å²) < 4.78 is 27.6. The predicted molar refractivity (Wildman–Crippen MR) is 63.2 cm³/mol. The molecule has 0 aliphatic carbocycles. The van der Waals surface area contributed by atoms with Gasteiger partial charge in [0.1, 0.15) is 0 Å². The van der Waals surface area contributed by atoms with Crippen LogP contribution in [0.15, 0.2) is 0 Å². The summed E-state index contributed by atoms with van der Waals surface area (Å²) in [6, 6.07) is 0. The van der Waals surface area contributed by atoms with Crippen molar-refractivity contribution in [1.82, 2.24) is 8.61 Å². The van der Waals surface area contributed by atoms with Crippen molar-refractivity contribution in [3.05, 3.63) is 0 Å². The van der Waals surface area contributed by atoms with Crippen molar-refractivity contribution in [3.8, 4) is 0 Å². The fraction of sp³-hybridized carbons (Fsp3) is 1.00. The first-order valence-electron chi connectivity index (χ1n) is 5.50. The van der Waals surface area contributed by atoms with Gasteiger partial charge in [-0.15, -0.1) is 0 Å². The van der Waals surface area contributed by atoms with E-state index in [1.165, 1.54) is 0 Å². The number of alkyl halides is 1. The van der Waals surface area contributed by atoms with E-state index in [0.29, 0.717) is 31.0 Å². The van der Waals surface area contributed by atoms with Crippen LogP contribution >= 0.6 is 15.9 Å². The lowest BCUT2D eigenvalue weighted by atomic mass is 10.2. The van der Waals surface area contributed by atoms with E-state index in [4.69, 9.17) is 0 Å². The molecule has 6 heteroatoms. The normalized spacial score (nSPS) is 30.9. The van der Waals surface area contributed by atoms with Crippen molar-refractivity contribution in [1.29, 1.82) is 0 Å². The Hall–Kier alpha value is 0.350. The molecule has 2 aliphatic heterocycles. The van der Waals surface area contributed by atoms with E-state index in [9.17, 15) is 8.42 Å². The Kier molecular flexibility index (Phi) is 3.70. The molecule has 4 nitrogen and oxygen atoms in total. The molecule has 0 bridgehead atoms. The van der Waals surface area contributed by atoms with Gasteiger partial charge < -0.3 is 0 Å².